The van der Waals surface area contributed by atoms with Crippen molar-refractivity contribution >= 4 is 57.5 Å². The van der Waals surface area contributed by atoms with Gasteiger partial charge >= 0.3 is 5.97 Å². The summed E-state index contributed by atoms with van der Waals surface area (Å²) in [5.74, 6) is 0.0338. The van der Waals surface area contributed by atoms with Crippen molar-refractivity contribution in [1.82, 2.24) is 9.13 Å². The van der Waals surface area contributed by atoms with E-state index in [0.717, 1.165) is 28.5 Å². The van der Waals surface area contributed by atoms with Gasteiger partial charge in [0.05, 0.1) is 29.0 Å². The number of carbonyl (C=O) groups excluding carboxylic acids is 1. The Bertz CT molecular complexity index is 2180. The van der Waals surface area contributed by atoms with E-state index < -0.39 is 12.0 Å². The molecule has 5 aromatic rings. The summed E-state index contributed by atoms with van der Waals surface area (Å²) in [6, 6.07) is 20.2. The Labute approximate surface area is 285 Å². The summed E-state index contributed by atoms with van der Waals surface area (Å²) < 4.78 is 20.9. The summed E-state index contributed by atoms with van der Waals surface area (Å²) in [6.07, 6.45) is 4.71. The number of allylic oxidation sites excluding steroid dienone is 1. The van der Waals surface area contributed by atoms with E-state index in [9.17, 15) is 9.59 Å². The fraction of sp³-hybridized carbons (Fsp3) is 0.250. The number of benzene rings is 3. The number of hydrogen-bond acceptors (Lipinski definition) is 7. The molecule has 0 bridgehead atoms. The number of nitrogens with zero attached hydrogens (tertiary/aromatic N) is 3. The van der Waals surface area contributed by atoms with E-state index in [-0.39, 0.29) is 24.3 Å². The van der Waals surface area contributed by atoms with Crippen LogP contribution in [0.3, 0.4) is 0 Å². The van der Waals surface area contributed by atoms with E-state index in [1.165, 1.54) is 18.4 Å². The van der Waals surface area contributed by atoms with Gasteiger partial charge in [0.2, 0.25) is 0 Å². The lowest BCUT2D eigenvalue weighted by atomic mass is 9.95. The third-order valence-electron chi connectivity index (χ3n) is 7.90. The van der Waals surface area contributed by atoms with Crippen molar-refractivity contribution in [2.24, 2.45) is 4.99 Å². The molecule has 6 rings (SSSR count). The van der Waals surface area contributed by atoms with Crippen LogP contribution in [0.2, 0.25) is 10.0 Å². The molecule has 0 N–H and O–H groups in total. The quantitative estimate of drug-likeness (QED) is 0.116. The number of rotatable bonds is 11. The van der Waals surface area contributed by atoms with Crippen LogP contribution >= 0.6 is 34.5 Å². The van der Waals surface area contributed by atoms with Crippen molar-refractivity contribution in [3.05, 3.63) is 131 Å². The first kappa shape index (κ1) is 32.8. The van der Waals surface area contributed by atoms with Crippen LogP contribution in [-0.4, -0.2) is 42.0 Å². The molecule has 47 heavy (non-hydrogen) atoms. The zero-order chi connectivity index (χ0) is 33.1. The molecular formula is C36H33Cl2N3O5S. The second-order valence-electron chi connectivity index (χ2n) is 11.1. The Morgan fingerprint density at radius 2 is 1.83 bits per heavy atom. The number of ether oxygens (including phenoxy) is 3. The van der Waals surface area contributed by atoms with Gasteiger partial charge in [0.1, 0.15) is 18.4 Å². The smallest absolute Gasteiger partial charge is 0.338 e. The van der Waals surface area contributed by atoms with E-state index in [4.69, 9.17) is 42.4 Å². The SMILES string of the molecule is CCCOc1ccccc1[C@@H]1C(C(=O)OCCOC)=C(C)N=c2s/c(=C/c3cn(Cc4ccc(Cl)cc4Cl)c4ccccc34)c(=O)n21. The van der Waals surface area contributed by atoms with Crippen LogP contribution in [0.4, 0.5) is 0 Å². The highest BCUT2D eigenvalue weighted by Crippen LogP contribution is 2.36. The standard InChI is InChI=1S/C36H33Cl2N3O5S/c1-4-15-45-30-12-8-6-10-27(30)33-32(35(43)46-17-16-44-3)22(2)39-36-41(33)34(42)31(47-36)18-24-21-40(29-11-7-5-9-26(24)29)20-23-13-14-25(37)19-28(23)38/h5-14,18-19,21,33H,4,15-17,20H2,1-3H3/b31-18+/t33-/m1/s1. The molecule has 0 aliphatic carbocycles. The zero-order valence-electron chi connectivity index (χ0n) is 26.2. The molecule has 8 nitrogen and oxygen atoms in total. The highest BCUT2D eigenvalue weighted by atomic mass is 35.5. The normalized spacial score (nSPS) is 14.7. The number of para-hydroxylation sites is 2. The molecular weight excluding hydrogens is 657 g/mol. The number of aromatic nitrogens is 2. The van der Waals surface area contributed by atoms with E-state index in [2.05, 4.69) is 4.57 Å². The Hall–Kier alpha value is -4.15. The van der Waals surface area contributed by atoms with E-state index in [1.54, 1.807) is 17.6 Å². The second kappa shape index (κ2) is 14.3. The minimum Gasteiger partial charge on any atom is -0.493 e. The Morgan fingerprint density at radius 1 is 1.04 bits per heavy atom. The summed E-state index contributed by atoms with van der Waals surface area (Å²) in [7, 11) is 1.54. The van der Waals surface area contributed by atoms with Gasteiger partial charge in [-0.1, -0.05) is 83.9 Å². The fourth-order valence-corrected chi connectivity index (χ4v) is 7.22. The molecule has 0 radical (unpaired) electrons. The first-order valence-electron chi connectivity index (χ1n) is 15.2. The number of esters is 1. The number of thiazole rings is 1. The van der Waals surface area contributed by atoms with Crippen molar-refractivity contribution in [1.29, 1.82) is 0 Å². The van der Waals surface area contributed by atoms with E-state index in [1.807, 2.05) is 79.9 Å². The summed E-state index contributed by atoms with van der Waals surface area (Å²) in [5, 5.41) is 2.14. The maximum absolute atomic E-state index is 14.4. The molecule has 0 spiro atoms. The zero-order valence-corrected chi connectivity index (χ0v) is 28.5. The van der Waals surface area contributed by atoms with Crippen LogP contribution in [0.5, 0.6) is 5.75 Å². The monoisotopic (exact) mass is 689 g/mol. The topological polar surface area (TPSA) is 84.1 Å². The van der Waals surface area contributed by atoms with Crippen LogP contribution < -0.4 is 19.6 Å². The van der Waals surface area contributed by atoms with Gasteiger partial charge in [-0.2, -0.15) is 0 Å². The third-order valence-corrected chi connectivity index (χ3v) is 9.47. The van der Waals surface area contributed by atoms with Gasteiger partial charge in [-0.3, -0.25) is 9.36 Å². The molecule has 1 atom stereocenters. The first-order valence-corrected chi connectivity index (χ1v) is 16.8. The van der Waals surface area contributed by atoms with Crippen molar-refractivity contribution in [2.75, 3.05) is 26.9 Å². The Balaban J connectivity index is 1.50. The molecule has 3 aromatic carbocycles. The molecule has 0 unspecified atom stereocenters. The molecule has 2 aromatic heterocycles. The van der Waals surface area contributed by atoms with Gasteiger partial charge in [0, 0.05) is 51.9 Å². The lowest BCUT2D eigenvalue weighted by molar-refractivity contribution is -0.140. The number of methoxy groups -OCH3 is 1. The van der Waals surface area contributed by atoms with E-state index >= 15 is 0 Å². The highest BCUT2D eigenvalue weighted by molar-refractivity contribution is 7.07. The van der Waals surface area contributed by atoms with Crippen molar-refractivity contribution in [3.8, 4) is 5.75 Å². The predicted molar refractivity (Wildman–Crippen MR) is 186 cm³/mol. The molecule has 3 heterocycles. The maximum atomic E-state index is 14.4. The number of halogens is 2. The lowest BCUT2D eigenvalue weighted by Gasteiger charge is -2.26. The predicted octanol–water partition coefficient (Wildman–Crippen LogP) is 6.52. The van der Waals surface area contributed by atoms with E-state index in [0.29, 0.717) is 49.5 Å². The number of hydrogen-bond donors (Lipinski definition) is 0. The average Bonchev–Trinajstić information content (AvgIpc) is 3.56. The van der Waals surface area contributed by atoms with Crippen LogP contribution in [0, 0.1) is 0 Å². The molecule has 1 aliphatic heterocycles. The van der Waals surface area contributed by atoms with Gasteiger partial charge in [0.15, 0.2) is 4.80 Å². The van der Waals surface area contributed by atoms with Crippen molar-refractivity contribution in [2.45, 2.75) is 32.9 Å². The Kier molecular flexibility index (Phi) is 9.98. The number of fused-ring (bicyclic) bond motifs is 2. The molecule has 242 valence electrons. The maximum Gasteiger partial charge on any atom is 0.338 e. The second-order valence-corrected chi connectivity index (χ2v) is 12.9. The van der Waals surface area contributed by atoms with Crippen LogP contribution in [0.1, 0.15) is 43.0 Å². The highest BCUT2D eigenvalue weighted by Gasteiger charge is 2.35. The van der Waals surface area contributed by atoms with Gasteiger partial charge in [-0.25, -0.2) is 9.79 Å². The third kappa shape index (κ3) is 6.67. The van der Waals surface area contributed by atoms with Gasteiger partial charge in [0.25, 0.3) is 5.56 Å². The largest absolute Gasteiger partial charge is 0.493 e. The minimum absolute atomic E-state index is 0.0720. The average molecular weight is 691 g/mol. The molecule has 1 aliphatic rings. The lowest BCUT2D eigenvalue weighted by Crippen LogP contribution is -2.40. The molecule has 0 amide bonds. The molecule has 0 saturated heterocycles. The molecule has 0 saturated carbocycles. The summed E-state index contributed by atoms with van der Waals surface area (Å²) in [5.41, 5.74) is 3.96. The molecule has 11 heteroatoms. The van der Waals surface area contributed by atoms with Gasteiger partial charge in [-0.15, -0.1) is 0 Å². The van der Waals surface area contributed by atoms with Gasteiger partial charge in [-0.05, 0) is 49.2 Å². The summed E-state index contributed by atoms with van der Waals surface area (Å²) >= 11 is 13.9. The Morgan fingerprint density at radius 3 is 2.62 bits per heavy atom. The van der Waals surface area contributed by atoms with Crippen molar-refractivity contribution in [3.63, 3.8) is 0 Å². The number of carbonyl (C=O) groups is 1. The van der Waals surface area contributed by atoms with Crippen LogP contribution in [0.25, 0.3) is 17.0 Å². The van der Waals surface area contributed by atoms with Crippen LogP contribution in [-0.2, 0) is 20.8 Å². The summed E-state index contributed by atoms with van der Waals surface area (Å²) in [4.78, 5) is 33.2. The first-order chi connectivity index (χ1) is 22.8. The van der Waals surface area contributed by atoms with Crippen molar-refractivity contribution < 1.29 is 19.0 Å². The van der Waals surface area contributed by atoms with Gasteiger partial charge < -0.3 is 18.8 Å². The molecule has 0 fully saturated rings. The minimum atomic E-state index is -0.801. The van der Waals surface area contributed by atoms with Crippen LogP contribution in [0.15, 0.2) is 94.0 Å². The fourth-order valence-electron chi connectivity index (χ4n) is 5.72. The summed E-state index contributed by atoms with van der Waals surface area (Å²) in [6.45, 7) is 5.12.